The van der Waals surface area contributed by atoms with Crippen LogP contribution in [0.5, 0.6) is 0 Å². The molecule has 2 nitrogen and oxygen atoms in total. The summed E-state index contributed by atoms with van der Waals surface area (Å²) in [5.41, 5.74) is 8.44. The van der Waals surface area contributed by atoms with Crippen LogP contribution in [0.3, 0.4) is 0 Å². The van der Waals surface area contributed by atoms with Gasteiger partial charge in [-0.15, -0.1) is 0 Å². The molecule has 8 aromatic carbocycles. The SMILES string of the molecule is c1ccc(-n2ccc3ccc(-c4ccc5c(c4)c4ccc6c7ccccc7c7ccccc7c6c4n5-c4ccccc4)cc32)cc1. The van der Waals surface area contributed by atoms with Crippen LogP contribution in [0.4, 0.5) is 0 Å². The first-order valence-corrected chi connectivity index (χ1v) is 15.9. The second kappa shape index (κ2) is 9.69. The lowest BCUT2D eigenvalue weighted by Gasteiger charge is -2.14. The number of para-hydroxylation sites is 2. The van der Waals surface area contributed by atoms with Gasteiger partial charge in [0.15, 0.2) is 0 Å². The van der Waals surface area contributed by atoms with Gasteiger partial charge in [0.05, 0.1) is 16.6 Å². The van der Waals surface area contributed by atoms with Crippen molar-refractivity contribution >= 4 is 65.0 Å². The standard InChI is InChI=1S/C44H28N2/c1-3-11-32(12-4-1)45-26-25-29-19-20-31(28-42(29)45)30-21-24-41-40(27-30)39-23-22-38-36-17-8-7-15-34(36)35-16-9-10-18-37(35)43(38)44(39)46(41)33-13-5-2-6-14-33/h1-28H. The molecule has 0 saturated carbocycles. The first-order valence-electron chi connectivity index (χ1n) is 15.9. The smallest absolute Gasteiger partial charge is 0.0625 e. The Balaban J connectivity index is 1.30. The second-order valence-electron chi connectivity index (χ2n) is 12.2. The lowest BCUT2D eigenvalue weighted by molar-refractivity contribution is 1.13. The maximum Gasteiger partial charge on any atom is 0.0625 e. The summed E-state index contributed by atoms with van der Waals surface area (Å²) in [7, 11) is 0. The molecule has 0 unspecified atom stereocenters. The predicted octanol–water partition coefficient (Wildman–Crippen LogP) is 11.9. The molecule has 214 valence electrons. The van der Waals surface area contributed by atoms with Crippen LogP contribution in [0.1, 0.15) is 0 Å². The van der Waals surface area contributed by atoms with E-state index >= 15 is 0 Å². The lowest BCUT2D eigenvalue weighted by Crippen LogP contribution is -1.95. The van der Waals surface area contributed by atoms with Crippen LogP contribution in [0.15, 0.2) is 170 Å². The molecule has 2 heteroatoms. The van der Waals surface area contributed by atoms with E-state index in [1.54, 1.807) is 0 Å². The van der Waals surface area contributed by atoms with E-state index < -0.39 is 0 Å². The molecule has 2 aromatic heterocycles. The Labute approximate surface area is 266 Å². The van der Waals surface area contributed by atoms with E-state index in [4.69, 9.17) is 0 Å². The van der Waals surface area contributed by atoms with E-state index in [1.807, 2.05) is 0 Å². The molecule has 0 atom stereocenters. The zero-order valence-electron chi connectivity index (χ0n) is 25.1. The van der Waals surface area contributed by atoms with Gasteiger partial charge in [-0.3, -0.25) is 0 Å². The van der Waals surface area contributed by atoms with Gasteiger partial charge in [0.1, 0.15) is 0 Å². The van der Waals surface area contributed by atoms with E-state index in [2.05, 4.69) is 179 Å². The summed E-state index contributed by atoms with van der Waals surface area (Å²) in [4.78, 5) is 0. The highest BCUT2D eigenvalue weighted by atomic mass is 15.0. The average molecular weight is 585 g/mol. The highest BCUT2D eigenvalue weighted by Gasteiger charge is 2.19. The molecule has 0 fully saturated rings. The minimum Gasteiger partial charge on any atom is -0.317 e. The summed E-state index contributed by atoms with van der Waals surface area (Å²) in [5, 5.41) is 11.5. The molecule has 0 aliphatic rings. The normalized spacial score (nSPS) is 11.9. The lowest BCUT2D eigenvalue weighted by atomic mass is 9.92. The number of benzene rings is 8. The Morgan fingerprint density at radius 1 is 0.348 bits per heavy atom. The van der Waals surface area contributed by atoms with Crippen LogP contribution in [0, 0.1) is 0 Å². The van der Waals surface area contributed by atoms with Gasteiger partial charge in [0, 0.05) is 33.7 Å². The van der Waals surface area contributed by atoms with Gasteiger partial charge in [-0.1, -0.05) is 115 Å². The number of nitrogens with zero attached hydrogens (tertiary/aromatic N) is 2. The fraction of sp³-hybridized carbons (Fsp3) is 0. The number of rotatable bonds is 3. The average Bonchev–Trinajstić information content (AvgIpc) is 3.71. The molecule has 10 rings (SSSR count). The fourth-order valence-electron chi connectivity index (χ4n) is 7.64. The molecule has 0 saturated heterocycles. The Morgan fingerprint density at radius 2 is 0.913 bits per heavy atom. The minimum atomic E-state index is 1.17. The van der Waals surface area contributed by atoms with Crippen LogP contribution < -0.4 is 0 Å². The molecule has 46 heavy (non-hydrogen) atoms. The van der Waals surface area contributed by atoms with Crippen LogP contribution in [-0.4, -0.2) is 9.13 Å². The molecule has 0 amide bonds. The van der Waals surface area contributed by atoms with Crippen molar-refractivity contribution in [3.8, 4) is 22.5 Å². The minimum absolute atomic E-state index is 1.17. The Kier molecular flexibility index (Phi) is 5.31. The quantitative estimate of drug-likeness (QED) is 0.183. The maximum absolute atomic E-state index is 2.47. The van der Waals surface area contributed by atoms with Crippen molar-refractivity contribution in [3.05, 3.63) is 170 Å². The van der Waals surface area contributed by atoms with Crippen molar-refractivity contribution in [3.63, 3.8) is 0 Å². The van der Waals surface area contributed by atoms with Gasteiger partial charge in [0.2, 0.25) is 0 Å². The summed E-state index contributed by atoms with van der Waals surface area (Å²) in [6.45, 7) is 0. The molecule has 10 aromatic rings. The van der Waals surface area contributed by atoms with Crippen LogP contribution in [0.2, 0.25) is 0 Å². The summed E-state index contributed by atoms with van der Waals surface area (Å²) in [5.74, 6) is 0. The van der Waals surface area contributed by atoms with Crippen LogP contribution in [0.25, 0.3) is 87.5 Å². The first-order chi connectivity index (χ1) is 22.8. The van der Waals surface area contributed by atoms with Crippen molar-refractivity contribution in [2.45, 2.75) is 0 Å². The summed E-state index contributed by atoms with van der Waals surface area (Å²) >= 11 is 0. The van der Waals surface area contributed by atoms with Crippen molar-refractivity contribution in [2.24, 2.45) is 0 Å². The topological polar surface area (TPSA) is 9.86 Å². The highest BCUT2D eigenvalue weighted by Crippen LogP contribution is 2.43. The molecular formula is C44H28N2. The molecule has 0 spiro atoms. The summed E-state index contributed by atoms with van der Waals surface area (Å²) in [6, 6.07) is 59.8. The number of hydrogen-bond donors (Lipinski definition) is 0. The molecular weight excluding hydrogens is 556 g/mol. The van der Waals surface area contributed by atoms with Crippen LogP contribution in [-0.2, 0) is 0 Å². The zero-order chi connectivity index (χ0) is 30.2. The van der Waals surface area contributed by atoms with Crippen LogP contribution >= 0.6 is 0 Å². The van der Waals surface area contributed by atoms with Crippen molar-refractivity contribution in [1.29, 1.82) is 0 Å². The van der Waals surface area contributed by atoms with Gasteiger partial charge in [-0.2, -0.15) is 0 Å². The van der Waals surface area contributed by atoms with E-state index in [-0.39, 0.29) is 0 Å². The number of hydrogen-bond acceptors (Lipinski definition) is 0. The summed E-state index contributed by atoms with van der Waals surface area (Å²) < 4.78 is 4.75. The fourth-order valence-corrected chi connectivity index (χ4v) is 7.64. The molecule has 0 aliphatic carbocycles. The van der Waals surface area contributed by atoms with Gasteiger partial charge in [-0.25, -0.2) is 0 Å². The molecule has 0 bridgehead atoms. The summed E-state index contributed by atoms with van der Waals surface area (Å²) in [6.07, 6.45) is 2.17. The Hall–Kier alpha value is -6.12. The predicted molar refractivity (Wildman–Crippen MR) is 196 cm³/mol. The second-order valence-corrected chi connectivity index (χ2v) is 12.2. The van der Waals surface area contributed by atoms with Gasteiger partial charge in [0.25, 0.3) is 0 Å². The van der Waals surface area contributed by atoms with E-state index in [0.29, 0.717) is 0 Å². The van der Waals surface area contributed by atoms with Gasteiger partial charge >= 0.3 is 0 Å². The third-order valence-corrected chi connectivity index (χ3v) is 9.71. The van der Waals surface area contributed by atoms with E-state index in [1.165, 1.54) is 87.5 Å². The first kappa shape index (κ1) is 25.2. The van der Waals surface area contributed by atoms with Crippen molar-refractivity contribution in [2.75, 3.05) is 0 Å². The monoisotopic (exact) mass is 584 g/mol. The molecule has 0 aliphatic heterocycles. The van der Waals surface area contributed by atoms with E-state index in [0.717, 1.165) is 0 Å². The van der Waals surface area contributed by atoms with Crippen molar-refractivity contribution in [1.82, 2.24) is 9.13 Å². The largest absolute Gasteiger partial charge is 0.317 e. The van der Waals surface area contributed by atoms with E-state index in [9.17, 15) is 0 Å². The Morgan fingerprint density at radius 3 is 1.65 bits per heavy atom. The highest BCUT2D eigenvalue weighted by molar-refractivity contribution is 6.33. The van der Waals surface area contributed by atoms with Gasteiger partial charge in [-0.05, 0) is 92.0 Å². The molecule has 0 N–H and O–H groups in total. The van der Waals surface area contributed by atoms with Crippen molar-refractivity contribution < 1.29 is 0 Å². The Bertz CT molecular complexity index is 2750. The van der Waals surface area contributed by atoms with Gasteiger partial charge < -0.3 is 9.13 Å². The molecule has 0 radical (unpaired) electrons. The maximum atomic E-state index is 2.47. The molecule has 2 heterocycles. The number of fused-ring (bicyclic) bond motifs is 11. The third-order valence-electron chi connectivity index (χ3n) is 9.71. The zero-order valence-corrected chi connectivity index (χ0v) is 25.1. The number of aromatic nitrogens is 2. The third kappa shape index (κ3) is 3.59.